The number of nitrogens with zero attached hydrogens (tertiary/aromatic N) is 2. The number of nitriles is 1. The lowest BCUT2D eigenvalue weighted by atomic mass is 9.83. The number of ether oxygens (including phenoxy) is 1. The Morgan fingerprint density at radius 2 is 1.55 bits per heavy atom. The number of rotatable bonds is 5. The molecule has 1 aliphatic rings. The Kier molecular flexibility index (Phi) is 6.61. The lowest BCUT2D eigenvalue weighted by Gasteiger charge is -2.27. The third kappa shape index (κ3) is 4.82. The maximum Gasteiger partial charge on any atom is 0.228 e. The second-order valence-corrected chi connectivity index (χ2v) is 14.8. The van der Waals surface area contributed by atoms with Gasteiger partial charge in [-0.05, 0) is 95.7 Å². The van der Waals surface area contributed by atoms with Crippen LogP contribution in [0.25, 0.3) is 43.6 Å². The second-order valence-electron chi connectivity index (χ2n) is 14.8. The van der Waals surface area contributed by atoms with E-state index >= 15 is 0 Å². The monoisotopic (exact) mass is 555 g/mol. The van der Waals surface area contributed by atoms with Gasteiger partial charge in [0.15, 0.2) is 6.20 Å². The number of hydrogen-bond acceptors (Lipinski definition) is 2. The Balaban J connectivity index is 1.67. The van der Waals surface area contributed by atoms with Gasteiger partial charge in [-0.2, -0.15) is 5.26 Å². The zero-order chi connectivity index (χ0) is 30.1. The summed E-state index contributed by atoms with van der Waals surface area (Å²) in [6.45, 7) is 17.8. The maximum absolute atomic E-state index is 9.66. The Bertz CT molecular complexity index is 1950. The third-order valence-corrected chi connectivity index (χ3v) is 8.70. The molecule has 0 fully saturated rings. The van der Waals surface area contributed by atoms with Gasteiger partial charge in [0.2, 0.25) is 5.69 Å². The number of benzene rings is 4. The largest absolute Gasteiger partial charge is 0.455 e. The second kappa shape index (κ2) is 9.84. The zero-order valence-electron chi connectivity index (χ0n) is 26.7. The van der Waals surface area contributed by atoms with Gasteiger partial charge in [-0.3, -0.25) is 0 Å². The molecule has 0 N–H and O–H groups in total. The molecule has 3 heteroatoms. The first kappa shape index (κ1) is 28.2. The van der Waals surface area contributed by atoms with Crippen LogP contribution < -0.4 is 9.30 Å². The summed E-state index contributed by atoms with van der Waals surface area (Å²) in [5.74, 6) is 2.44. The predicted octanol–water partition coefficient (Wildman–Crippen LogP) is 9.93. The summed E-state index contributed by atoms with van der Waals surface area (Å²) in [6.07, 6.45) is 4.91. The molecule has 42 heavy (non-hydrogen) atoms. The summed E-state index contributed by atoms with van der Waals surface area (Å²) in [5, 5.41) is 17.0. The number of aryl methyl sites for hydroxylation is 2. The van der Waals surface area contributed by atoms with Crippen molar-refractivity contribution in [3.8, 4) is 28.8 Å². The molecule has 0 saturated carbocycles. The average Bonchev–Trinajstić information content (AvgIpc) is 2.91. The van der Waals surface area contributed by atoms with Crippen LogP contribution >= 0.6 is 0 Å². The van der Waals surface area contributed by atoms with Gasteiger partial charge in [-0.15, -0.1) is 0 Å². The summed E-state index contributed by atoms with van der Waals surface area (Å²) in [6, 6.07) is 20.6. The van der Waals surface area contributed by atoms with Crippen molar-refractivity contribution < 1.29 is 9.30 Å². The number of fused-ring (bicyclic) bond motifs is 5. The van der Waals surface area contributed by atoms with Crippen LogP contribution in [0.5, 0.6) is 11.5 Å². The van der Waals surface area contributed by atoms with Crippen LogP contribution in [0.4, 0.5) is 0 Å². The first-order valence-electron chi connectivity index (χ1n) is 15.3. The van der Waals surface area contributed by atoms with Gasteiger partial charge in [-0.1, -0.05) is 71.0 Å². The van der Waals surface area contributed by atoms with E-state index in [1.807, 2.05) is 13.8 Å². The van der Waals surface area contributed by atoms with Crippen LogP contribution in [0.3, 0.4) is 0 Å². The molecule has 6 rings (SSSR count). The van der Waals surface area contributed by atoms with Crippen molar-refractivity contribution in [2.75, 3.05) is 0 Å². The molecular weight excluding hydrogens is 512 g/mol. The summed E-state index contributed by atoms with van der Waals surface area (Å²) >= 11 is 0. The summed E-state index contributed by atoms with van der Waals surface area (Å²) in [7, 11) is 2.16. The zero-order valence-corrected chi connectivity index (χ0v) is 26.7. The maximum atomic E-state index is 9.66. The molecule has 214 valence electrons. The molecule has 0 atom stereocenters. The lowest BCUT2D eigenvalue weighted by Crippen LogP contribution is -2.32. The molecule has 0 unspecified atom stereocenters. The van der Waals surface area contributed by atoms with E-state index in [0.717, 1.165) is 36.1 Å². The molecular formula is C39H43N2O+. The van der Waals surface area contributed by atoms with E-state index < -0.39 is 5.41 Å². The minimum Gasteiger partial charge on any atom is -0.455 e. The van der Waals surface area contributed by atoms with E-state index in [1.165, 1.54) is 60.4 Å². The summed E-state index contributed by atoms with van der Waals surface area (Å²) in [4.78, 5) is 0. The predicted molar refractivity (Wildman–Crippen MR) is 175 cm³/mol. The number of hydrogen-bond donors (Lipinski definition) is 0. The average molecular weight is 556 g/mol. The van der Waals surface area contributed by atoms with Crippen LogP contribution in [-0.4, -0.2) is 0 Å². The molecule has 0 spiro atoms. The highest BCUT2D eigenvalue weighted by atomic mass is 16.5. The number of pyridine rings is 1. The fraction of sp³-hybridized carbons (Fsp3) is 0.385. The fourth-order valence-corrected chi connectivity index (χ4v) is 6.92. The topological polar surface area (TPSA) is 36.9 Å². The molecule has 2 heterocycles. The highest BCUT2D eigenvalue weighted by Gasteiger charge is 2.34. The smallest absolute Gasteiger partial charge is 0.228 e. The van der Waals surface area contributed by atoms with Gasteiger partial charge >= 0.3 is 0 Å². The highest BCUT2D eigenvalue weighted by Crippen LogP contribution is 2.52. The first-order valence-corrected chi connectivity index (χ1v) is 15.3. The quantitative estimate of drug-likeness (QED) is 0.157. The molecule has 0 aliphatic carbocycles. The van der Waals surface area contributed by atoms with E-state index in [-0.39, 0.29) is 5.41 Å². The summed E-state index contributed by atoms with van der Waals surface area (Å²) in [5.41, 5.74) is 7.40. The van der Waals surface area contributed by atoms with Gasteiger partial charge in [0.1, 0.15) is 18.5 Å². The molecule has 4 aromatic carbocycles. The van der Waals surface area contributed by atoms with Crippen LogP contribution in [0.2, 0.25) is 0 Å². The first-order chi connectivity index (χ1) is 19.8. The molecule has 0 radical (unpaired) electrons. The van der Waals surface area contributed by atoms with Crippen LogP contribution in [-0.2, 0) is 26.3 Å². The van der Waals surface area contributed by atoms with E-state index in [1.54, 1.807) is 0 Å². The van der Waals surface area contributed by atoms with Crippen molar-refractivity contribution >= 4 is 32.3 Å². The van der Waals surface area contributed by atoms with Gasteiger partial charge < -0.3 is 4.74 Å². The van der Waals surface area contributed by atoms with Crippen molar-refractivity contribution in [2.24, 2.45) is 23.8 Å². The Hall–Kier alpha value is -3.90. The molecule has 1 aromatic heterocycles. The Morgan fingerprint density at radius 1 is 0.857 bits per heavy atom. The SMILES string of the molecule is Cc1c2c(c(CC(C)C)c3ccc(CC(C)(C)C)cc13)Oc1cc3ccc(CC(C)(C)C#N)cc3c3cc[n+](C)c-2c13. The van der Waals surface area contributed by atoms with Crippen molar-refractivity contribution in [3.05, 3.63) is 77.0 Å². The molecule has 0 bridgehead atoms. The van der Waals surface area contributed by atoms with Gasteiger partial charge in [0, 0.05) is 17.0 Å². The van der Waals surface area contributed by atoms with Crippen LogP contribution in [0, 0.1) is 35.0 Å². The summed E-state index contributed by atoms with van der Waals surface area (Å²) < 4.78 is 9.29. The number of aromatic nitrogens is 1. The molecule has 1 aliphatic heterocycles. The van der Waals surface area contributed by atoms with Crippen molar-refractivity contribution in [3.63, 3.8) is 0 Å². The Morgan fingerprint density at radius 3 is 2.24 bits per heavy atom. The van der Waals surface area contributed by atoms with Crippen molar-refractivity contribution in [2.45, 2.75) is 74.7 Å². The molecule has 0 saturated heterocycles. The normalized spacial score (nSPS) is 13.1. The van der Waals surface area contributed by atoms with Gasteiger partial charge in [-0.25, -0.2) is 4.57 Å². The van der Waals surface area contributed by atoms with Crippen LogP contribution in [0.15, 0.2) is 54.7 Å². The van der Waals surface area contributed by atoms with E-state index in [0.29, 0.717) is 5.92 Å². The third-order valence-electron chi connectivity index (χ3n) is 8.70. The van der Waals surface area contributed by atoms with Crippen molar-refractivity contribution in [1.29, 1.82) is 5.26 Å². The van der Waals surface area contributed by atoms with E-state index in [4.69, 9.17) is 4.74 Å². The minimum atomic E-state index is -0.411. The minimum absolute atomic E-state index is 0.221. The van der Waals surface area contributed by atoms with Gasteiger partial charge in [0.05, 0.1) is 22.4 Å². The highest BCUT2D eigenvalue weighted by molar-refractivity contribution is 6.16. The van der Waals surface area contributed by atoms with Gasteiger partial charge in [0.25, 0.3) is 0 Å². The molecule has 3 nitrogen and oxygen atoms in total. The molecule has 5 aromatic rings. The van der Waals surface area contributed by atoms with Crippen molar-refractivity contribution in [1.82, 2.24) is 0 Å². The standard InChI is InChI=1S/C39H43N2O/c1-23(2)16-32-28-13-11-25(20-38(4,5)6)17-30(28)24(3)34-36-35-29(14-15-41(36)9)31-18-26(21-39(7,8)22-40)10-12-27(31)19-33(35)42-37(32)34/h10-15,17-19,23H,16,20-21H2,1-9H3/q+1. The van der Waals surface area contributed by atoms with E-state index in [9.17, 15) is 5.26 Å². The lowest BCUT2D eigenvalue weighted by molar-refractivity contribution is -0.659. The fourth-order valence-electron chi connectivity index (χ4n) is 6.92. The van der Waals surface area contributed by atoms with E-state index in [2.05, 4.69) is 114 Å². The molecule has 0 amide bonds. The van der Waals surface area contributed by atoms with Crippen LogP contribution in [0.1, 0.15) is 70.7 Å². The Labute approximate surface area is 250 Å².